The minimum atomic E-state index is 0.618. The van der Waals surface area contributed by atoms with Crippen LogP contribution in [0.15, 0.2) is 35.2 Å². The number of hydrogen-bond donors (Lipinski definition) is 0. The molecule has 0 aromatic carbocycles. The van der Waals surface area contributed by atoms with E-state index in [2.05, 4.69) is 4.98 Å². The molecule has 0 fully saturated rings. The number of aryl methyl sites for hydroxylation is 1. The molecule has 2 aromatic rings. The number of hydrogen-bond acceptors (Lipinski definition) is 2. The number of oxazole rings is 1. The Labute approximate surface area is 64.3 Å². The van der Waals surface area contributed by atoms with Crippen LogP contribution in [0.5, 0.6) is 0 Å². The second-order valence-corrected chi connectivity index (χ2v) is 2.36. The summed E-state index contributed by atoms with van der Waals surface area (Å²) in [7, 11) is 0. The normalized spacial score (nSPS) is 10.3. The minimum Gasteiger partial charge on any atom is -0.431 e. The highest BCUT2D eigenvalue weighted by Gasteiger charge is 1.99. The van der Waals surface area contributed by atoms with Gasteiger partial charge in [0.1, 0.15) is 6.26 Å². The molecule has 11 heavy (non-hydrogen) atoms. The van der Waals surface area contributed by atoms with Crippen LogP contribution < -0.4 is 0 Å². The van der Waals surface area contributed by atoms with Gasteiger partial charge in [0, 0.05) is 12.4 Å². The Morgan fingerprint density at radius 2 is 2.09 bits per heavy atom. The molecule has 3 nitrogen and oxygen atoms in total. The molecule has 0 atom stereocenters. The Balaban J connectivity index is 2.45. The van der Waals surface area contributed by atoms with Gasteiger partial charge in [0.15, 0.2) is 0 Å². The average molecular weight is 148 g/mol. The molecule has 0 N–H and O–H groups in total. The van der Waals surface area contributed by atoms with E-state index in [0.29, 0.717) is 6.01 Å². The van der Waals surface area contributed by atoms with E-state index in [1.165, 1.54) is 0 Å². The van der Waals surface area contributed by atoms with Gasteiger partial charge in [-0.2, -0.15) is 4.98 Å². The first-order chi connectivity index (χ1) is 5.36. The fourth-order valence-electron chi connectivity index (χ4n) is 0.922. The van der Waals surface area contributed by atoms with E-state index in [4.69, 9.17) is 4.42 Å². The van der Waals surface area contributed by atoms with Crippen LogP contribution >= 0.6 is 0 Å². The van der Waals surface area contributed by atoms with Gasteiger partial charge < -0.3 is 4.42 Å². The monoisotopic (exact) mass is 148 g/mol. The molecule has 0 aliphatic heterocycles. The van der Waals surface area contributed by atoms with Crippen molar-refractivity contribution < 1.29 is 4.42 Å². The molecular formula is C8H8N2O. The lowest BCUT2D eigenvalue weighted by atomic mass is 10.6. The highest BCUT2D eigenvalue weighted by Crippen LogP contribution is 2.06. The van der Waals surface area contributed by atoms with Gasteiger partial charge in [-0.05, 0) is 19.1 Å². The highest BCUT2D eigenvalue weighted by atomic mass is 16.4. The number of rotatable bonds is 1. The van der Waals surface area contributed by atoms with E-state index in [1.807, 2.05) is 36.0 Å². The fraction of sp³-hybridized carbons (Fsp3) is 0.125. The summed E-state index contributed by atoms with van der Waals surface area (Å²) >= 11 is 0. The first-order valence-electron chi connectivity index (χ1n) is 3.42. The van der Waals surface area contributed by atoms with Gasteiger partial charge in [0.25, 0.3) is 0 Å². The lowest BCUT2D eigenvalue weighted by Crippen LogP contribution is -1.88. The molecule has 0 saturated carbocycles. The van der Waals surface area contributed by atoms with Gasteiger partial charge >= 0.3 is 6.01 Å². The van der Waals surface area contributed by atoms with E-state index in [1.54, 1.807) is 6.26 Å². The van der Waals surface area contributed by atoms with Crippen molar-refractivity contribution in [1.82, 2.24) is 9.55 Å². The second kappa shape index (κ2) is 2.27. The highest BCUT2D eigenvalue weighted by molar-refractivity contribution is 5.11. The topological polar surface area (TPSA) is 31.0 Å². The van der Waals surface area contributed by atoms with Crippen LogP contribution in [0.1, 0.15) is 5.69 Å². The van der Waals surface area contributed by atoms with Crippen LogP contribution in [0.3, 0.4) is 0 Å². The van der Waals surface area contributed by atoms with Crippen molar-refractivity contribution in [3.05, 3.63) is 36.5 Å². The zero-order valence-corrected chi connectivity index (χ0v) is 6.19. The minimum absolute atomic E-state index is 0.618. The van der Waals surface area contributed by atoms with Crippen molar-refractivity contribution in [1.29, 1.82) is 0 Å². The van der Waals surface area contributed by atoms with Crippen molar-refractivity contribution in [2.24, 2.45) is 0 Å². The quantitative estimate of drug-likeness (QED) is 0.617. The van der Waals surface area contributed by atoms with Gasteiger partial charge in [0.05, 0.1) is 5.69 Å². The summed E-state index contributed by atoms with van der Waals surface area (Å²) in [5, 5.41) is 0. The van der Waals surface area contributed by atoms with E-state index >= 15 is 0 Å². The summed E-state index contributed by atoms with van der Waals surface area (Å²) in [5.41, 5.74) is 0.897. The molecule has 0 aliphatic rings. The molecule has 0 bridgehead atoms. The van der Waals surface area contributed by atoms with E-state index in [9.17, 15) is 0 Å². The van der Waals surface area contributed by atoms with Crippen LogP contribution in [-0.2, 0) is 0 Å². The Hall–Kier alpha value is -1.51. The molecule has 2 rings (SSSR count). The molecule has 0 radical (unpaired) electrons. The number of nitrogens with zero attached hydrogens (tertiary/aromatic N) is 2. The number of aromatic nitrogens is 2. The molecule has 2 heterocycles. The van der Waals surface area contributed by atoms with Gasteiger partial charge in [-0.3, -0.25) is 4.57 Å². The van der Waals surface area contributed by atoms with Crippen molar-refractivity contribution >= 4 is 0 Å². The summed E-state index contributed by atoms with van der Waals surface area (Å²) in [4.78, 5) is 4.15. The second-order valence-electron chi connectivity index (χ2n) is 2.36. The fourth-order valence-corrected chi connectivity index (χ4v) is 0.922. The molecular weight excluding hydrogens is 140 g/mol. The molecule has 0 spiro atoms. The SMILES string of the molecule is Cc1coc(-n2cccc2)n1. The third-order valence-electron chi connectivity index (χ3n) is 1.43. The predicted octanol–water partition coefficient (Wildman–Crippen LogP) is 1.77. The third kappa shape index (κ3) is 1.05. The third-order valence-corrected chi connectivity index (χ3v) is 1.43. The summed E-state index contributed by atoms with van der Waals surface area (Å²) in [6, 6.07) is 4.48. The van der Waals surface area contributed by atoms with Gasteiger partial charge in [0.2, 0.25) is 0 Å². The first kappa shape index (κ1) is 6.22. The maximum atomic E-state index is 5.16. The first-order valence-corrected chi connectivity index (χ1v) is 3.42. The average Bonchev–Trinajstić information content (AvgIpc) is 2.55. The Bertz CT molecular complexity index is 335. The van der Waals surface area contributed by atoms with Crippen molar-refractivity contribution in [2.45, 2.75) is 6.92 Å². The smallest absolute Gasteiger partial charge is 0.305 e. The van der Waals surface area contributed by atoms with Crippen LogP contribution in [0.25, 0.3) is 6.01 Å². The molecule has 2 aromatic heterocycles. The van der Waals surface area contributed by atoms with Crippen LogP contribution in [0, 0.1) is 6.92 Å². The zero-order valence-electron chi connectivity index (χ0n) is 6.19. The van der Waals surface area contributed by atoms with Crippen molar-refractivity contribution in [2.75, 3.05) is 0 Å². The van der Waals surface area contributed by atoms with Gasteiger partial charge in [-0.15, -0.1) is 0 Å². The Morgan fingerprint density at radius 3 is 2.64 bits per heavy atom. The van der Waals surface area contributed by atoms with E-state index < -0.39 is 0 Å². The van der Waals surface area contributed by atoms with E-state index in [-0.39, 0.29) is 0 Å². The van der Waals surface area contributed by atoms with Crippen LogP contribution in [-0.4, -0.2) is 9.55 Å². The Kier molecular flexibility index (Phi) is 1.28. The lowest BCUT2D eigenvalue weighted by Gasteiger charge is -1.91. The summed E-state index contributed by atoms with van der Waals surface area (Å²) in [5.74, 6) is 0. The largest absolute Gasteiger partial charge is 0.431 e. The van der Waals surface area contributed by atoms with Crippen molar-refractivity contribution in [3.8, 4) is 6.01 Å². The summed E-state index contributed by atoms with van der Waals surface area (Å²) < 4.78 is 6.99. The summed E-state index contributed by atoms with van der Waals surface area (Å²) in [6.45, 7) is 1.90. The molecule has 0 unspecified atom stereocenters. The maximum Gasteiger partial charge on any atom is 0.305 e. The van der Waals surface area contributed by atoms with Crippen LogP contribution in [0.4, 0.5) is 0 Å². The predicted molar refractivity (Wildman–Crippen MR) is 40.6 cm³/mol. The standard InChI is InChI=1S/C8H8N2O/c1-7-6-11-8(9-7)10-4-2-3-5-10/h2-6H,1H3. The Morgan fingerprint density at radius 1 is 1.36 bits per heavy atom. The zero-order chi connectivity index (χ0) is 7.68. The maximum absolute atomic E-state index is 5.16. The van der Waals surface area contributed by atoms with Crippen LogP contribution in [0.2, 0.25) is 0 Å². The molecule has 0 amide bonds. The van der Waals surface area contributed by atoms with E-state index in [0.717, 1.165) is 5.69 Å². The summed E-state index contributed by atoms with van der Waals surface area (Å²) in [6.07, 6.45) is 5.42. The van der Waals surface area contributed by atoms with Gasteiger partial charge in [-0.1, -0.05) is 0 Å². The lowest BCUT2D eigenvalue weighted by molar-refractivity contribution is 0.527. The van der Waals surface area contributed by atoms with Crippen molar-refractivity contribution in [3.63, 3.8) is 0 Å². The van der Waals surface area contributed by atoms with Gasteiger partial charge in [-0.25, -0.2) is 0 Å². The molecule has 0 saturated heterocycles. The molecule has 0 aliphatic carbocycles. The molecule has 56 valence electrons. The molecule has 3 heteroatoms.